The van der Waals surface area contributed by atoms with E-state index in [2.05, 4.69) is 101 Å². The van der Waals surface area contributed by atoms with Crippen LogP contribution in [-0.2, 0) is 0 Å². The van der Waals surface area contributed by atoms with Gasteiger partial charge in [0.1, 0.15) is 23.1 Å². The van der Waals surface area contributed by atoms with Crippen LogP contribution < -0.4 is 5.32 Å². The molecule has 0 spiro atoms. The van der Waals surface area contributed by atoms with Gasteiger partial charge in [-0.05, 0) is 69.9 Å². The summed E-state index contributed by atoms with van der Waals surface area (Å²) < 4.78 is 8.67. The molecule has 0 aliphatic carbocycles. The number of nitriles is 1. The van der Waals surface area contributed by atoms with Crippen molar-refractivity contribution >= 4 is 61.0 Å². The summed E-state index contributed by atoms with van der Waals surface area (Å²) in [5, 5.41) is 19.1. The minimum Gasteiger partial charge on any atom is -0.438 e. The summed E-state index contributed by atoms with van der Waals surface area (Å²) in [5.74, 6) is 1.44. The fourth-order valence-corrected chi connectivity index (χ4v) is 6.58. The average Bonchev–Trinajstić information content (AvgIpc) is 3.61. The van der Waals surface area contributed by atoms with Crippen molar-refractivity contribution in [3.05, 3.63) is 145 Å². The molecule has 1 unspecified atom stereocenters. The standard InChI is InChI=1S/C39H24N4O/c40-23-24-9-8-14-29(19-24)36-38(41-37-32-21-28(25-10-2-1-3-11-25)17-18-35(32)44-39(37)42-36)43-33-16-7-6-15-30(33)31-20-26-12-4-5-13-27(26)22-34(31)43/h1-22,36,42H. The lowest BCUT2D eigenvalue weighted by molar-refractivity contribution is 0.620. The molecule has 0 amide bonds. The number of hydrogen-bond acceptors (Lipinski definition) is 4. The monoisotopic (exact) mass is 564 g/mol. The van der Waals surface area contributed by atoms with Gasteiger partial charge in [0.25, 0.3) is 0 Å². The molecule has 44 heavy (non-hydrogen) atoms. The summed E-state index contributed by atoms with van der Waals surface area (Å²) in [6.45, 7) is 0. The van der Waals surface area contributed by atoms with E-state index in [0.29, 0.717) is 11.4 Å². The van der Waals surface area contributed by atoms with E-state index in [1.807, 2.05) is 48.5 Å². The van der Waals surface area contributed by atoms with Crippen LogP contribution in [0, 0.1) is 11.3 Å². The quantitative estimate of drug-likeness (QED) is 0.227. The Morgan fingerprint density at radius 3 is 2.32 bits per heavy atom. The Balaban J connectivity index is 1.36. The maximum Gasteiger partial charge on any atom is 0.221 e. The Labute approximate surface area is 252 Å². The Hall–Kier alpha value is -6.12. The highest BCUT2D eigenvalue weighted by Crippen LogP contribution is 2.46. The second-order valence-corrected chi connectivity index (χ2v) is 11.2. The van der Waals surface area contributed by atoms with Crippen molar-refractivity contribution in [2.24, 2.45) is 4.99 Å². The lowest BCUT2D eigenvalue weighted by Crippen LogP contribution is -2.29. The summed E-state index contributed by atoms with van der Waals surface area (Å²) in [6, 6.07) is 47.8. The summed E-state index contributed by atoms with van der Waals surface area (Å²) in [4.78, 5) is 5.44. The number of aliphatic imine (C=N–C) groups is 1. The molecule has 0 saturated carbocycles. The highest BCUT2D eigenvalue weighted by Gasteiger charge is 2.32. The van der Waals surface area contributed by atoms with Crippen LogP contribution in [0.15, 0.2) is 143 Å². The number of nitrogens with zero attached hydrogens (tertiary/aromatic N) is 3. The van der Waals surface area contributed by atoms with Crippen LogP contribution in [0.25, 0.3) is 54.7 Å². The number of furan rings is 1. The van der Waals surface area contributed by atoms with Crippen molar-refractivity contribution < 1.29 is 4.42 Å². The first kappa shape index (κ1) is 24.5. The Morgan fingerprint density at radius 2 is 1.45 bits per heavy atom. The number of para-hydroxylation sites is 1. The zero-order valence-electron chi connectivity index (χ0n) is 23.5. The largest absolute Gasteiger partial charge is 0.438 e. The fourth-order valence-electron chi connectivity index (χ4n) is 6.58. The van der Waals surface area contributed by atoms with Gasteiger partial charge in [0.2, 0.25) is 5.88 Å². The zero-order chi connectivity index (χ0) is 29.2. The normalized spacial score (nSPS) is 14.4. The van der Waals surface area contributed by atoms with E-state index in [9.17, 15) is 5.26 Å². The van der Waals surface area contributed by atoms with Gasteiger partial charge in [-0.25, -0.2) is 4.99 Å². The van der Waals surface area contributed by atoms with Crippen molar-refractivity contribution in [3.8, 4) is 17.2 Å². The van der Waals surface area contributed by atoms with Crippen LogP contribution in [0.1, 0.15) is 17.2 Å². The molecule has 0 fully saturated rings. The van der Waals surface area contributed by atoms with E-state index >= 15 is 0 Å². The zero-order valence-corrected chi connectivity index (χ0v) is 23.5. The van der Waals surface area contributed by atoms with Crippen LogP contribution >= 0.6 is 0 Å². The van der Waals surface area contributed by atoms with Gasteiger partial charge in [-0.1, -0.05) is 91.0 Å². The smallest absolute Gasteiger partial charge is 0.221 e. The minimum atomic E-state index is -0.365. The van der Waals surface area contributed by atoms with Crippen molar-refractivity contribution in [2.75, 3.05) is 5.32 Å². The van der Waals surface area contributed by atoms with Crippen LogP contribution in [0.5, 0.6) is 0 Å². The Morgan fingerprint density at radius 1 is 0.659 bits per heavy atom. The fraction of sp³-hybridized carbons (Fsp3) is 0.0256. The van der Waals surface area contributed by atoms with E-state index < -0.39 is 0 Å². The third kappa shape index (κ3) is 3.68. The van der Waals surface area contributed by atoms with E-state index in [4.69, 9.17) is 9.41 Å². The van der Waals surface area contributed by atoms with Gasteiger partial charge in [0, 0.05) is 16.2 Å². The number of nitrogens with one attached hydrogen (secondary N) is 1. The number of fused-ring (bicyclic) bond motifs is 7. The van der Waals surface area contributed by atoms with Crippen LogP contribution in [0.4, 0.5) is 11.6 Å². The first-order valence-electron chi connectivity index (χ1n) is 14.6. The summed E-state index contributed by atoms with van der Waals surface area (Å²) in [7, 11) is 0. The number of hydrogen-bond donors (Lipinski definition) is 1. The van der Waals surface area contributed by atoms with Gasteiger partial charge in [-0.2, -0.15) is 5.26 Å². The molecule has 6 aromatic carbocycles. The second-order valence-electron chi connectivity index (χ2n) is 11.2. The molecule has 1 aliphatic heterocycles. The number of benzene rings is 6. The molecule has 1 atom stereocenters. The molecule has 0 radical (unpaired) electrons. The summed E-state index contributed by atoms with van der Waals surface area (Å²) in [6.07, 6.45) is 0. The van der Waals surface area contributed by atoms with Crippen LogP contribution in [0.3, 0.4) is 0 Å². The second kappa shape index (κ2) is 9.45. The highest BCUT2D eigenvalue weighted by molar-refractivity contribution is 6.19. The molecule has 1 N–H and O–H groups in total. The molecule has 5 heteroatoms. The molecule has 206 valence electrons. The number of aromatic nitrogens is 1. The average molecular weight is 565 g/mol. The van der Waals surface area contributed by atoms with E-state index in [0.717, 1.165) is 55.6 Å². The molecular formula is C39H24N4O. The summed E-state index contributed by atoms with van der Waals surface area (Å²) in [5.41, 5.74) is 7.46. The predicted octanol–water partition coefficient (Wildman–Crippen LogP) is 9.98. The Bertz CT molecular complexity index is 2490. The molecule has 0 saturated heterocycles. The molecular weight excluding hydrogens is 540 g/mol. The molecule has 9 rings (SSSR count). The highest BCUT2D eigenvalue weighted by atomic mass is 16.4. The molecule has 3 heterocycles. The van der Waals surface area contributed by atoms with Crippen molar-refractivity contribution in [1.82, 2.24) is 4.57 Å². The number of rotatable bonds is 2. The third-order valence-electron chi connectivity index (χ3n) is 8.65. The van der Waals surface area contributed by atoms with Gasteiger partial charge < -0.3 is 9.73 Å². The molecule has 1 aliphatic rings. The first-order chi connectivity index (χ1) is 21.7. The van der Waals surface area contributed by atoms with E-state index in [-0.39, 0.29) is 6.04 Å². The molecule has 8 aromatic rings. The predicted molar refractivity (Wildman–Crippen MR) is 179 cm³/mol. The topological polar surface area (TPSA) is 66.2 Å². The Kier molecular flexibility index (Phi) is 5.26. The SMILES string of the molecule is N#Cc1cccc(C2Nc3oc4ccc(-c5ccccc5)cc4c3N=C2n2c3ccccc3c3cc4ccccc4cc32)c1. The van der Waals surface area contributed by atoms with E-state index in [1.165, 1.54) is 16.2 Å². The van der Waals surface area contributed by atoms with Gasteiger partial charge in [-0.3, -0.25) is 4.57 Å². The minimum absolute atomic E-state index is 0.365. The van der Waals surface area contributed by atoms with Crippen molar-refractivity contribution in [1.29, 1.82) is 5.26 Å². The van der Waals surface area contributed by atoms with Gasteiger partial charge in [-0.15, -0.1) is 0 Å². The van der Waals surface area contributed by atoms with E-state index in [1.54, 1.807) is 0 Å². The molecule has 5 nitrogen and oxygen atoms in total. The van der Waals surface area contributed by atoms with Crippen molar-refractivity contribution in [3.63, 3.8) is 0 Å². The third-order valence-corrected chi connectivity index (χ3v) is 8.65. The van der Waals surface area contributed by atoms with Crippen molar-refractivity contribution in [2.45, 2.75) is 6.04 Å². The van der Waals surface area contributed by atoms with Gasteiger partial charge in [0.05, 0.1) is 22.7 Å². The molecule has 2 aromatic heterocycles. The maximum atomic E-state index is 9.74. The summed E-state index contributed by atoms with van der Waals surface area (Å²) >= 11 is 0. The molecule has 0 bridgehead atoms. The maximum absolute atomic E-state index is 9.74. The first-order valence-corrected chi connectivity index (χ1v) is 14.6. The van der Waals surface area contributed by atoms with Gasteiger partial charge >= 0.3 is 0 Å². The number of anilines is 1. The van der Waals surface area contributed by atoms with Gasteiger partial charge in [0.15, 0.2) is 0 Å². The van der Waals surface area contributed by atoms with Crippen LogP contribution in [0.2, 0.25) is 0 Å². The lowest BCUT2D eigenvalue weighted by atomic mass is 10.0. The lowest BCUT2D eigenvalue weighted by Gasteiger charge is -2.27. The van der Waals surface area contributed by atoms with Crippen LogP contribution in [-0.4, -0.2) is 10.4 Å².